The minimum atomic E-state index is -6.53. The van der Waals surface area contributed by atoms with Crippen LogP contribution in [0.15, 0.2) is 24.3 Å². The molecule has 1 amide bonds. The fourth-order valence-corrected chi connectivity index (χ4v) is 2.59. The maximum atomic E-state index is 13.5. The Kier molecular flexibility index (Phi) is 5.77. The van der Waals surface area contributed by atoms with Crippen LogP contribution in [0.1, 0.15) is 5.56 Å². The van der Waals surface area contributed by atoms with Gasteiger partial charge in [-0.25, -0.2) is 0 Å². The number of hydrogen-bond acceptors (Lipinski definition) is 2. The third kappa shape index (κ3) is 4.06. The first-order valence-electron chi connectivity index (χ1n) is 7.45. The number of carbonyl (C=O) groups excluding carboxylic acids is 1. The Morgan fingerprint density at radius 3 is 1.88 bits per heavy atom. The SMILES string of the molecule is O=C(N1CCN(Cc2ccc(Cl)cc2)CC1)C(F)(F)C(F)(F)C(F)(F)F. The van der Waals surface area contributed by atoms with E-state index >= 15 is 0 Å². The van der Waals surface area contributed by atoms with Gasteiger partial charge in [-0.15, -0.1) is 0 Å². The van der Waals surface area contributed by atoms with Gasteiger partial charge in [0.25, 0.3) is 5.91 Å². The first-order chi connectivity index (χ1) is 11.9. The van der Waals surface area contributed by atoms with Gasteiger partial charge in [0, 0.05) is 37.7 Å². The molecule has 0 N–H and O–H groups in total. The van der Waals surface area contributed by atoms with Gasteiger partial charge in [-0.3, -0.25) is 9.69 Å². The first kappa shape index (κ1) is 20.8. The molecule has 0 radical (unpaired) electrons. The summed E-state index contributed by atoms with van der Waals surface area (Å²) in [6.45, 7) is -0.246. The summed E-state index contributed by atoms with van der Waals surface area (Å²) < 4.78 is 89.4. The maximum Gasteiger partial charge on any atom is 0.460 e. The standard InChI is InChI=1S/C15H14ClF7N2O/c16-11-3-1-10(2-4-11)9-24-5-7-25(8-6-24)12(26)13(17,18)14(19,20)15(21,22)23/h1-4H,5-9H2. The van der Waals surface area contributed by atoms with Crippen LogP contribution in [-0.2, 0) is 11.3 Å². The van der Waals surface area contributed by atoms with E-state index in [0.29, 0.717) is 16.5 Å². The summed E-state index contributed by atoms with van der Waals surface area (Å²) >= 11 is 5.75. The lowest BCUT2D eigenvalue weighted by atomic mass is 10.1. The number of halogens is 8. The van der Waals surface area contributed by atoms with Crippen LogP contribution in [0.25, 0.3) is 0 Å². The van der Waals surface area contributed by atoms with Crippen LogP contribution in [0.5, 0.6) is 0 Å². The number of hydrogen-bond donors (Lipinski definition) is 0. The van der Waals surface area contributed by atoms with Gasteiger partial charge in [0.1, 0.15) is 0 Å². The number of piperazine rings is 1. The normalized spacial score (nSPS) is 17.5. The van der Waals surface area contributed by atoms with E-state index < -0.39 is 23.9 Å². The van der Waals surface area contributed by atoms with Gasteiger partial charge in [0.15, 0.2) is 0 Å². The highest BCUT2D eigenvalue weighted by molar-refractivity contribution is 6.30. The van der Waals surface area contributed by atoms with Crippen molar-refractivity contribution < 1.29 is 35.5 Å². The van der Waals surface area contributed by atoms with Gasteiger partial charge >= 0.3 is 18.0 Å². The lowest BCUT2D eigenvalue weighted by Crippen LogP contribution is -2.62. The molecule has 0 bridgehead atoms. The zero-order valence-corrected chi connectivity index (χ0v) is 13.9. The van der Waals surface area contributed by atoms with Crippen molar-refractivity contribution in [2.45, 2.75) is 24.6 Å². The number of amides is 1. The molecule has 1 aromatic carbocycles. The molecule has 1 fully saturated rings. The van der Waals surface area contributed by atoms with Crippen LogP contribution in [0.3, 0.4) is 0 Å². The monoisotopic (exact) mass is 406 g/mol. The Morgan fingerprint density at radius 1 is 0.923 bits per heavy atom. The van der Waals surface area contributed by atoms with Crippen molar-refractivity contribution in [3.8, 4) is 0 Å². The predicted molar refractivity (Wildman–Crippen MR) is 79.3 cm³/mol. The third-order valence-electron chi connectivity index (χ3n) is 4.00. The van der Waals surface area contributed by atoms with Crippen molar-refractivity contribution in [2.24, 2.45) is 0 Å². The first-order valence-corrected chi connectivity index (χ1v) is 7.82. The molecule has 0 aliphatic carbocycles. The second kappa shape index (κ2) is 7.22. The van der Waals surface area contributed by atoms with Crippen molar-refractivity contribution in [1.82, 2.24) is 9.80 Å². The summed E-state index contributed by atoms with van der Waals surface area (Å²) in [5.41, 5.74) is 0.850. The molecule has 146 valence electrons. The topological polar surface area (TPSA) is 23.6 Å². The highest BCUT2D eigenvalue weighted by atomic mass is 35.5. The molecule has 0 saturated carbocycles. The fourth-order valence-electron chi connectivity index (χ4n) is 2.47. The maximum absolute atomic E-state index is 13.5. The van der Waals surface area contributed by atoms with E-state index in [1.165, 1.54) is 0 Å². The van der Waals surface area contributed by atoms with E-state index in [4.69, 9.17) is 11.6 Å². The summed E-state index contributed by atoms with van der Waals surface area (Å²) in [5, 5.41) is 0.525. The molecule has 1 aliphatic heterocycles. The van der Waals surface area contributed by atoms with Crippen molar-refractivity contribution in [3.63, 3.8) is 0 Å². The average Bonchev–Trinajstić information content (AvgIpc) is 2.56. The molecule has 3 nitrogen and oxygen atoms in total. The zero-order valence-electron chi connectivity index (χ0n) is 13.2. The lowest BCUT2D eigenvalue weighted by Gasteiger charge is -2.37. The van der Waals surface area contributed by atoms with Crippen molar-refractivity contribution in [2.75, 3.05) is 26.2 Å². The van der Waals surface area contributed by atoms with Gasteiger partial charge in [0.2, 0.25) is 0 Å². The lowest BCUT2D eigenvalue weighted by molar-refractivity contribution is -0.346. The molecule has 1 heterocycles. The fraction of sp³-hybridized carbons (Fsp3) is 0.533. The largest absolute Gasteiger partial charge is 0.460 e. The minimum absolute atomic E-state index is 0.0576. The predicted octanol–water partition coefficient (Wildman–Crippen LogP) is 3.82. The molecule has 2 rings (SSSR count). The van der Waals surface area contributed by atoms with Gasteiger partial charge in [-0.05, 0) is 17.7 Å². The average molecular weight is 407 g/mol. The molecule has 0 unspecified atom stereocenters. The summed E-state index contributed by atoms with van der Waals surface area (Å²) in [6.07, 6.45) is -6.53. The van der Waals surface area contributed by atoms with Crippen molar-refractivity contribution in [3.05, 3.63) is 34.9 Å². The molecular formula is C15H14ClF7N2O. The van der Waals surface area contributed by atoms with Gasteiger partial charge in [-0.2, -0.15) is 30.7 Å². The summed E-state index contributed by atoms with van der Waals surface area (Å²) in [7, 11) is 0. The van der Waals surface area contributed by atoms with Crippen molar-refractivity contribution in [1.29, 1.82) is 0 Å². The number of benzene rings is 1. The second-order valence-electron chi connectivity index (χ2n) is 5.84. The van der Waals surface area contributed by atoms with Gasteiger partial charge < -0.3 is 4.90 Å². The Hall–Kier alpha value is -1.55. The van der Waals surface area contributed by atoms with E-state index in [2.05, 4.69) is 0 Å². The van der Waals surface area contributed by atoms with E-state index in [1.807, 2.05) is 0 Å². The molecular weight excluding hydrogens is 393 g/mol. The molecule has 1 saturated heterocycles. The molecule has 1 aromatic rings. The number of alkyl halides is 7. The summed E-state index contributed by atoms with van der Waals surface area (Å²) in [4.78, 5) is 13.7. The molecule has 26 heavy (non-hydrogen) atoms. The Bertz CT molecular complexity index is 640. The van der Waals surface area contributed by atoms with E-state index in [0.717, 1.165) is 5.56 Å². The van der Waals surface area contributed by atoms with E-state index in [-0.39, 0.29) is 26.2 Å². The van der Waals surface area contributed by atoms with Crippen LogP contribution >= 0.6 is 11.6 Å². The minimum Gasteiger partial charge on any atom is -0.335 e. The number of carbonyl (C=O) groups is 1. The van der Waals surface area contributed by atoms with Crippen LogP contribution in [-0.4, -0.2) is 59.9 Å². The van der Waals surface area contributed by atoms with E-state index in [1.54, 1.807) is 29.2 Å². The van der Waals surface area contributed by atoms with Gasteiger partial charge in [0.05, 0.1) is 0 Å². The molecule has 0 spiro atoms. The van der Waals surface area contributed by atoms with Crippen LogP contribution in [0.4, 0.5) is 30.7 Å². The summed E-state index contributed by atoms with van der Waals surface area (Å²) in [5.74, 6) is -14.8. The quantitative estimate of drug-likeness (QED) is 0.710. The third-order valence-corrected chi connectivity index (χ3v) is 4.25. The van der Waals surface area contributed by atoms with E-state index in [9.17, 15) is 35.5 Å². The van der Waals surface area contributed by atoms with Crippen LogP contribution in [0.2, 0.25) is 5.02 Å². The molecule has 0 atom stereocenters. The second-order valence-corrected chi connectivity index (χ2v) is 6.28. The van der Waals surface area contributed by atoms with Crippen molar-refractivity contribution >= 4 is 17.5 Å². The Labute approximate surface area is 149 Å². The Balaban J connectivity index is 1.98. The molecule has 0 aromatic heterocycles. The van der Waals surface area contributed by atoms with Gasteiger partial charge in [-0.1, -0.05) is 23.7 Å². The number of rotatable bonds is 4. The highest BCUT2D eigenvalue weighted by Gasteiger charge is 2.76. The number of nitrogens with zero attached hydrogens (tertiary/aromatic N) is 2. The van der Waals surface area contributed by atoms with Crippen LogP contribution in [0, 0.1) is 0 Å². The zero-order chi connectivity index (χ0) is 19.8. The highest BCUT2D eigenvalue weighted by Crippen LogP contribution is 2.47. The molecule has 1 aliphatic rings. The van der Waals surface area contributed by atoms with Crippen LogP contribution < -0.4 is 0 Å². The molecule has 11 heteroatoms. The summed E-state index contributed by atoms with van der Waals surface area (Å²) in [6, 6.07) is 6.77. The smallest absolute Gasteiger partial charge is 0.335 e. The Morgan fingerprint density at radius 2 is 1.42 bits per heavy atom.